The summed E-state index contributed by atoms with van der Waals surface area (Å²) < 4.78 is 0. The smallest absolute Gasteiger partial charge is 0.247 e. The molecule has 5 heteroatoms. The molecule has 0 aromatic rings. The molecule has 2 spiro atoms. The van der Waals surface area contributed by atoms with Crippen LogP contribution in [0.2, 0.25) is 0 Å². The highest BCUT2D eigenvalue weighted by molar-refractivity contribution is 6.04. The van der Waals surface area contributed by atoms with Gasteiger partial charge in [-0.3, -0.25) is 14.4 Å². The highest BCUT2D eigenvalue weighted by Crippen LogP contribution is 2.52. The van der Waals surface area contributed by atoms with E-state index >= 15 is 0 Å². The van der Waals surface area contributed by atoms with Crippen LogP contribution in [0.3, 0.4) is 0 Å². The molecule has 5 nitrogen and oxygen atoms in total. The van der Waals surface area contributed by atoms with Gasteiger partial charge in [0.25, 0.3) is 0 Å². The van der Waals surface area contributed by atoms with Crippen molar-refractivity contribution in [2.24, 2.45) is 5.92 Å². The zero-order valence-electron chi connectivity index (χ0n) is 10.8. The topological polar surface area (TPSA) is 66.5 Å². The number of nitrogens with one attached hydrogen (secondary N) is 1. The minimum absolute atomic E-state index is 0.0598. The summed E-state index contributed by atoms with van der Waals surface area (Å²) in [5, 5.41) is 2.72. The summed E-state index contributed by atoms with van der Waals surface area (Å²) in [6, 6.07) is 0. The van der Waals surface area contributed by atoms with E-state index in [9.17, 15) is 14.4 Å². The van der Waals surface area contributed by atoms with Gasteiger partial charge in [0.1, 0.15) is 11.1 Å². The number of Topliss-reactive ketones (excluding diaryl/α,β-unsaturated/α-hetero) is 1. The Kier molecular flexibility index (Phi) is 2.17. The van der Waals surface area contributed by atoms with Crippen LogP contribution < -0.4 is 5.32 Å². The van der Waals surface area contributed by atoms with Crippen molar-refractivity contribution in [1.82, 2.24) is 10.2 Å². The standard InChI is InChI=1S/C13H18N2O3/c1-8(2)10(17)15-12(4-3-9(12)16)5-6-13(15)7-14-11(13)18/h8H,3-7H2,1-2H3,(H,14,18). The van der Waals surface area contributed by atoms with Gasteiger partial charge in [-0.25, -0.2) is 0 Å². The third-order valence-electron chi connectivity index (χ3n) is 4.77. The van der Waals surface area contributed by atoms with E-state index in [-0.39, 0.29) is 23.5 Å². The van der Waals surface area contributed by atoms with Gasteiger partial charge in [-0.2, -0.15) is 0 Å². The average molecular weight is 250 g/mol. The van der Waals surface area contributed by atoms with Crippen LogP contribution >= 0.6 is 0 Å². The Balaban J connectivity index is 2.02. The third-order valence-corrected chi connectivity index (χ3v) is 4.77. The summed E-state index contributed by atoms with van der Waals surface area (Å²) in [5.41, 5.74) is -1.38. The molecule has 98 valence electrons. The number of hydrogen-bond donors (Lipinski definition) is 1. The number of carbonyl (C=O) groups excluding carboxylic acids is 3. The van der Waals surface area contributed by atoms with Crippen LogP contribution in [-0.2, 0) is 14.4 Å². The van der Waals surface area contributed by atoms with Gasteiger partial charge in [0.2, 0.25) is 11.8 Å². The van der Waals surface area contributed by atoms with Crippen molar-refractivity contribution >= 4 is 17.6 Å². The minimum Gasteiger partial charge on any atom is -0.351 e. The quantitative estimate of drug-likeness (QED) is 0.678. The molecule has 1 saturated carbocycles. The fourth-order valence-electron chi connectivity index (χ4n) is 3.49. The summed E-state index contributed by atoms with van der Waals surface area (Å²) in [6.07, 6.45) is 2.54. The molecule has 1 aliphatic carbocycles. The van der Waals surface area contributed by atoms with E-state index in [1.54, 1.807) is 4.90 Å². The summed E-state index contributed by atoms with van der Waals surface area (Å²) in [7, 11) is 0. The zero-order chi connectivity index (χ0) is 13.1. The van der Waals surface area contributed by atoms with Gasteiger partial charge in [-0.1, -0.05) is 13.8 Å². The van der Waals surface area contributed by atoms with Gasteiger partial charge in [-0.15, -0.1) is 0 Å². The van der Waals surface area contributed by atoms with Gasteiger partial charge in [0, 0.05) is 12.3 Å². The Bertz CT molecular complexity index is 427. The first-order valence-corrected chi connectivity index (χ1v) is 6.60. The van der Waals surface area contributed by atoms with Crippen LogP contribution in [0, 0.1) is 5.92 Å². The van der Waals surface area contributed by atoms with Gasteiger partial charge in [-0.05, 0) is 19.3 Å². The molecule has 2 saturated heterocycles. The number of nitrogens with zero attached hydrogens (tertiary/aromatic N) is 1. The van der Waals surface area contributed by atoms with E-state index in [0.717, 1.165) is 6.42 Å². The molecule has 3 rings (SSSR count). The Morgan fingerprint density at radius 3 is 2.22 bits per heavy atom. The molecule has 0 aromatic heterocycles. The summed E-state index contributed by atoms with van der Waals surface area (Å²) in [6.45, 7) is 4.14. The third kappa shape index (κ3) is 1.10. The van der Waals surface area contributed by atoms with Gasteiger partial charge >= 0.3 is 0 Å². The molecular formula is C13H18N2O3. The van der Waals surface area contributed by atoms with Gasteiger partial charge in [0.15, 0.2) is 5.78 Å². The van der Waals surface area contributed by atoms with Crippen LogP contribution in [0.4, 0.5) is 0 Å². The number of ketones is 1. The molecule has 1 N–H and O–H groups in total. The Morgan fingerprint density at radius 1 is 1.22 bits per heavy atom. The summed E-state index contributed by atoms with van der Waals surface area (Å²) in [4.78, 5) is 38.0. The van der Waals surface area contributed by atoms with Crippen molar-refractivity contribution in [3.05, 3.63) is 0 Å². The van der Waals surface area contributed by atoms with Crippen LogP contribution in [0.25, 0.3) is 0 Å². The predicted octanol–water partition coefficient (Wildman–Crippen LogP) is 0.235. The molecule has 2 amide bonds. The number of β-lactam (4-membered cyclic amide) rings is 1. The SMILES string of the molecule is CC(C)C(=O)N1C2(CCC2=O)CCC12CNC2=O. The lowest BCUT2D eigenvalue weighted by Crippen LogP contribution is -2.77. The molecular weight excluding hydrogens is 232 g/mol. The second kappa shape index (κ2) is 3.33. The molecule has 3 fully saturated rings. The van der Waals surface area contributed by atoms with E-state index < -0.39 is 11.1 Å². The molecule has 0 bridgehead atoms. The first kappa shape index (κ1) is 11.7. The molecule has 0 radical (unpaired) electrons. The van der Waals surface area contributed by atoms with Crippen LogP contribution in [-0.4, -0.2) is 40.1 Å². The normalized spacial score (nSPS) is 38.1. The van der Waals surface area contributed by atoms with Crippen molar-refractivity contribution < 1.29 is 14.4 Å². The number of hydrogen-bond acceptors (Lipinski definition) is 3. The predicted molar refractivity (Wildman–Crippen MR) is 63.6 cm³/mol. The summed E-state index contributed by atoms with van der Waals surface area (Å²) >= 11 is 0. The highest BCUT2D eigenvalue weighted by Gasteiger charge is 2.68. The number of likely N-dealkylation sites (tertiary alicyclic amines) is 1. The van der Waals surface area contributed by atoms with Crippen LogP contribution in [0.15, 0.2) is 0 Å². The molecule has 2 heterocycles. The molecule has 3 aliphatic rings. The maximum Gasteiger partial charge on any atom is 0.247 e. The zero-order valence-corrected chi connectivity index (χ0v) is 10.8. The Hall–Kier alpha value is -1.39. The maximum atomic E-state index is 12.4. The second-order valence-corrected chi connectivity index (χ2v) is 6.00. The number of carbonyl (C=O) groups is 3. The molecule has 2 aliphatic heterocycles. The maximum absolute atomic E-state index is 12.4. The Morgan fingerprint density at radius 2 is 1.89 bits per heavy atom. The van der Waals surface area contributed by atoms with E-state index in [1.807, 2.05) is 13.8 Å². The average Bonchev–Trinajstić information content (AvgIpc) is 2.74. The van der Waals surface area contributed by atoms with E-state index in [2.05, 4.69) is 5.32 Å². The number of rotatable bonds is 1. The first-order chi connectivity index (χ1) is 8.44. The molecule has 2 atom stereocenters. The van der Waals surface area contributed by atoms with Crippen molar-refractivity contribution in [1.29, 1.82) is 0 Å². The Labute approximate surface area is 106 Å². The molecule has 0 aromatic carbocycles. The lowest BCUT2D eigenvalue weighted by Gasteiger charge is -2.53. The van der Waals surface area contributed by atoms with Crippen LogP contribution in [0.1, 0.15) is 39.5 Å². The molecule has 18 heavy (non-hydrogen) atoms. The minimum atomic E-state index is -0.725. The van der Waals surface area contributed by atoms with E-state index in [0.29, 0.717) is 25.8 Å². The van der Waals surface area contributed by atoms with Crippen molar-refractivity contribution in [3.63, 3.8) is 0 Å². The largest absolute Gasteiger partial charge is 0.351 e. The van der Waals surface area contributed by atoms with Gasteiger partial charge in [0.05, 0.1) is 6.54 Å². The van der Waals surface area contributed by atoms with Crippen molar-refractivity contribution in [3.8, 4) is 0 Å². The van der Waals surface area contributed by atoms with Crippen molar-refractivity contribution in [2.45, 2.75) is 50.6 Å². The lowest BCUT2D eigenvalue weighted by atomic mass is 9.73. The van der Waals surface area contributed by atoms with Crippen molar-refractivity contribution in [2.75, 3.05) is 6.54 Å². The fraction of sp³-hybridized carbons (Fsp3) is 0.769. The van der Waals surface area contributed by atoms with Gasteiger partial charge < -0.3 is 10.2 Å². The lowest BCUT2D eigenvalue weighted by molar-refractivity contribution is -0.168. The monoisotopic (exact) mass is 250 g/mol. The van der Waals surface area contributed by atoms with E-state index in [4.69, 9.17) is 0 Å². The highest BCUT2D eigenvalue weighted by atomic mass is 16.2. The first-order valence-electron chi connectivity index (χ1n) is 6.60. The number of amides is 2. The fourth-order valence-corrected chi connectivity index (χ4v) is 3.49. The van der Waals surface area contributed by atoms with E-state index in [1.165, 1.54) is 0 Å². The second-order valence-electron chi connectivity index (χ2n) is 6.00. The molecule has 2 unspecified atom stereocenters. The summed E-state index contributed by atoms with van der Waals surface area (Å²) in [5.74, 6) is -0.199. The van der Waals surface area contributed by atoms with Crippen LogP contribution in [0.5, 0.6) is 0 Å².